The molecule has 0 unspecified atom stereocenters. The monoisotopic (exact) mass is 235 g/mol. The molecular weight excluding hydrogens is 224 g/mol. The molecule has 88 valence electrons. The molecule has 0 radical (unpaired) electrons. The van der Waals surface area contributed by atoms with Gasteiger partial charge in [-0.15, -0.1) is 0 Å². The van der Waals surface area contributed by atoms with Crippen LogP contribution in [0, 0.1) is 6.92 Å². The molecule has 0 fully saturated rings. The van der Waals surface area contributed by atoms with Gasteiger partial charge in [-0.1, -0.05) is 18.2 Å². The number of halogens is 2. The predicted molar refractivity (Wildman–Crippen MR) is 61.7 cm³/mol. The number of nitrogens with zero attached hydrogens (tertiary/aromatic N) is 1. The van der Waals surface area contributed by atoms with Gasteiger partial charge in [-0.2, -0.15) is 0 Å². The van der Waals surface area contributed by atoms with E-state index in [0.717, 1.165) is 5.56 Å². The van der Waals surface area contributed by atoms with E-state index in [-0.39, 0.29) is 11.1 Å². The normalized spacial score (nSPS) is 10.8. The van der Waals surface area contributed by atoms with E-state index in [1.54, 1.807) is 18.3 Å². The Morgan fingerprint density at radius 3 is 2.65 bits per heavy atom. The second kappa shape index (κ2) is 4.49. The number of hydrogen-bond acceptors (Lipinski definition) is 1. The van der Waals surface area contributed by atoms with Gasteiger partial charge in [0.05, 0.1) is 0 Å². The molecular formula is C13H11F2NO. The van der Waals surface area contributed by atoms with Crippen LogP contribution in [0.1, 0.15) is 17.6 Å². The highest BCUT2D eigenvalue weighted by molar-refractivity contribution is 5.37. The number of alkyl halides is 2. The number of aromatic nitrogens is 1. The zero-order chi connectivity index (χ0) is 12.4. The van der Waals surface area contributed by atoms with E-state index < -0.39 is 6.43 Å². The maximum Gasteiger partial charge on any atom is 0.263 e. The number of pyridine rings is 1. The highest BCUT2D eigenvalue weighted by Crippen LogP contribution is 2.20. The van der Waals surface area contributed by atoms with Crippen molar-refractivity contribution in [2.24, 2.45) is 0 Å². The van der Waals surface area contributed by atoms with Crippen molar-refractivity contribution in [2.75, 3.05) is 0 Å². The maximum absolute atomic E-state index is 12.6. The number of rotatable bonds is 2. The first kappa shape index (κ1) is 11.5. The van der Waals surface area contributed by atoms with Gasteiger partial charge < -0.3 is 0 Å². The minimum Gasteiger partial charge on any atom is -0.284 e. The van der Waals surface area contributed by atoms with Crippen LogP contribution in [0.15, 0.2) is 47.4 Å². The standard InChI is InChI=1S/C13H11F2NO/c1-9-5-6-12(17)16(8-9)11-4-2-3-10(7-11)13(14)15/h2-8,13H,1H3. The van der Waals surface area contributed by atoms with Crippen LogP contribution in [0.2, 0.25) is 0 Å². The van der Waals surface area contributed by atoms with Crippen LogP contribution >= 0.6 is 0 Å². The van der Waals surface area contributed by atoms with Crippen LogP contribution in [-0.2, 0) is 0 Å². The zero-order valence-corrected chi connectivity index (χ0v) is 9.23. The van der Waals surface area contributed by atoms with Crippen molar-refractivity contribution < 1.29 is 8.78 Å². The lowest BCUT2D eigenvalue weighted by molar-refractivity contribution is 0.151. The van der Waals surface area contributed by atoms with Crippen molar-refractivity contribution in [2.45, 2.75) is 13.3 Å². The molecule has 0 saturated heterocycles. The first-order valence-electron chi connectivity index (χ1n) is 5.16. The lowest BCUT2D eigenvalue weighted by Gasteiger charge is -2.08. The number of aryl methyl sites for hydroxylation is 1. The topological polar surface area (TPSA) is 22.0 Å². The summed E-state index contributed by atoms with van der Waals surface area (Å²) in [4.78, 5) is 11.6. The Kier molecular flexibility index (Phi) is 3.04. The fourth-order valence-corrected chi connectivity index (χ4v) is 1.61. The summed E-state index contributed by atoms with van der Waals surface area (Å²) in [6, 6.07) is 8.93. The molecule has 2 aromatic rings. The molecule has 0 aliphatic heterocycles. The van der Waals surface area contributed by atoms with E-state index in [9.17, 15) is 13.6 Å². The largest absolute Gasteiger partial charge is 0.284 e. The van der Waals surface area contributed by atoms with Crippen LogP contribution in [0.4, 0.5) is 8.78 Å². The van der Waals surface area contributed by atoms with Gasteiger partial charge in [0.15, 0.2) is 0 Å². The summed E-state index contributed by atoms with van der Waals surface area (Å²) in [6.45, 7) is 1.84. The summed E-state index contributed by atoms with van der Waals surface area (Å²) in [5.41, 5.74) is 1.03. The summed E-state index contributed by atoms with van der Waals surface area (Å²) in [5, 5.41) is 0. The third-order valence-corrected chi connectivity index (χ3v) is 2.46. The van der Waals surface area contributed by atoms with E-state index in [2.05, 4.69) is 0 Å². The van der Waals surface area contributed by atoms with Gasteiger partial charge >= 0.3 is 0 Å². The van der Waals surface area contributed by atoms with E-state index in [0.29, 0.717) is 5.69 Å². The number of benzene rings is 1. The first-order valence-corrected chi connectivity index (χ1v) is 5.16. The van der Waals surface area contributed by atoms with E-state index >= 15 is 0 Å². The summed E-state index contributed by atoms with van der Waals surface area (Å²) < 4.78 is 26.5. The Bertz CT molecular complexity index is 590. The average Bonchev–Trinajstić information content (AvgIpc) is 2.32. The van der Waals surface area contributed by atoms with Crippen LogP contribution in [-0.4, -0.2) is 4.57 Å². The summed E-state index contributed by atoms with van der Waals surface area (Å²) in [7, 11) is 0. The minimum absolute atomic E-state index is 0.0871. The molecule has 0 N–H and O–H groups in total. The van der Waals surface area contributed by atoms with Gasteiger partial charge in [0.25, 0.3) is 12.0 Å². The van der Waals surface area contributed by atoms with Crippen molar-refractivity contribution >= 4 is 0 Å². The van der Waals surface area contributed by atoms with Gasteiger partial charge in [-0.3, -0.25) is 9.36 Å². The van der Waals surface area contributed by atoms with E-state index in [1.165, 1.54) is 28.8 Å². The van der Waals surface area contributed by atoms with E-state index in [1.807, 2.05) is 6.92 Å². The molecule has 0 bridgehead atoms. The molecule has 0 aliphatic carbocycles. The lowest BCUT2D eigenvalue weighted by atomic mass is 10.2. The summed E-state index contributed by atoms with van der Waals surface area (Å²) in [6.07, 6.45) is -0.900. The van der Waals surface area contributed by atoms with Crippen LogP contribution in [0.3, 0.4) is 0 Å². The second-order valence-electron chi connectivity index (χ2n) is 3.81. The molecule has 1 heterocycles. The van der Waals surface area contributed by atoms with Crippen LogP contribution < -0.4 is 5.56 Å². The maximum atomic E-state index is 12.6. The van der Waals surface area contributed by atoms with Crippen molar-refractivity contribution in [3.63, 3.8) is 0 Å². The summed E-state index contributed by atoms with van der Waals surface area (Å²) in [5.74, 6) is 0. The second-order valence-corrected chi connectivity index (χ2v) is 3.81. The average molecular weight is 235 g/mol. The molecule has 0 aliphatic rings. The highest BCUT2D eigenvalue weighted by Gasteiger charge is 2.08. The Hall–Kier alpha value is -1.97. The van der Waals surface area contributed by atoms with Gasteiger partial charge in [0.2, 0.25) is 0 Å². The van der Waals surface area contributed by atoms with Gasteiger partial charge in [0, 0.05) is 23.5 Å². The molecule has 0 spiro atoms. The van der Waals surface area contributed by atoms with Gasteiger partial charge in [0.1, 0.15) is 0 Å². The predicted octanol–water partition coefficient (Wildman–Crippen LogP) is 3.08. The molecule has 1 aromatic heterocycles. The quantitative estimate of drug-likeness (QED) is 0.784. The molecule has 4 heteroatoms. The van der Waals surface area contributed by atoms with Crippen molar-refractivity contribution in [3.8, 4) is 5.69 Å². The molecule has 0 amide bonds. The van der Waals surface area contributed by atoms with Crippen LogP contribution in [0.5, 0.6) is 0 Å². The minimum atomic E-state index is -2.53. The summed E-state index contributed by atoms with van der Waals surface area (Å²) >= 11 is 0. The molecule has 1 aromatic carbocycles. The zero-order valence-electron chi connectivity index (χ0n) is 9.23. The van der Waals surface area contributed by atoms with Gasteiger partial charge in [-0.05, 0) is 24.6 Å². The number of hydrogen-bond donors (Lipinski definition) is 0. The smallest absolute Gasteiger partial charge is 0.263 e. The fourth-order valence-electron chi connectivity index (χ4n) is 1.61. The van der Waals surface area contributed by atoms with Crippen LogP contribution in [0.25, 0.3) is 5.69 Å². The Balaban J connectivity index is 2.56. The Morgan fingerprint density at radius 2 is 1.94 bits per heavy atom. The van der Waals surface area contributed by atoms with Gasteiger partial charge in [-0.25, -0.2) is 8.78 Å². The highest BCUT2D eigenvalue weighted by atomic mass is 19.3. The van der Waals surface area contributed by atoms with Crippen molar-refractivity contribution in [1.82, 2.24) is 4.57 Å². The third-order valence-electron chi connectivity index (χ3n) is 2.46. The lowest BCUT2D eigenvalue weighted by Crippen LogP contribution is -2.16. The molecule has 0 atom stereocenters. The van der Waals surface area contributed by atoms with E-state index in [4.69, 9.17) is 0 Å². The molecule has 17 heavy (non-hydrogen) atoms. The Labute approximate surface area is 97.1 Å². The molecule has 2 nitrogen and oxygen atoms in total. The first-order chi connectivity index (χ1) is 8.08. The SMILES string of the molecule is Cc1ccc(=O)n(-c2cccc(C(F)F)c2)c1. The molecule has 2 rings (SSSR count). The third kappa shape index (κ3) is 2.41. The molecule has 0 saturated carbocycles. The van der Waals surface area contributed by atoms with Crippen molar-refractivity contribution in [1.29, 1.82) is 0 Å². The van der Waals surface area contributed by atoms with Crippen molar-refractivity contribution in [3.05, 3.63) is 64.1 Å². The Morgan fingerprint density at radius 1 is 1.18 bits per heavy atom. The fraction of sp³-hybridized carbons (Fsp3) is 0.154.